The van der Waals surface area contributed by atoms with Crippen molar-refractivity contribution in [2.75, 3.05) is 6.61 Å². The van der Waals surface area contributed by atoms with Gasteiger partial charge in [0.1, 0.15) is 6.61 Å². The van der Waals surface area contributed by atoms with Crippen LogP contribution in [0.4, 0.5) is 0 Å². The van der Waals surface area contributed by atoms with Gasteiger partial charge in [-0.05, 0) is 0 Å². The molecule has 3 heteroatoms. The first-order chi connectivity index (χ1) is 3.43. The number of thiocarbonyl (C=S) groups is 1. The van der Waals surface area contributed by atoms with E-state index in [1.54, 1.807) is 5.37 Å². The summed E-state index contributed by atoms with van der Waals surface area (Å²) in [7, 11) is 0. The normalized spacial score (nSPS) is 18.0. The molecule has 1 rings (SSSR count). The van der Waals surface area contributed by atoms with E-state index in [2.05, 4.69) is 22.2 Å². The van der Waals surface area contributed by atoms with Crippen LogP contribution < -0.4 is 0 Å². The zero-order chi connectivity index (χ0) is 5.11. The molecule has 0 bridgehead atoms. The van der Waals surface area contributed by atoms with Gasteiger partial charge in [0.2, 0.25) is 0 Å². The maximum Gasteiger partial charge on any atom is 0.122 e. The van der Waals surface area contributed by atoms with Crippen LogP contribution in [0.1, 0.15) is 6.42 Å². The lowest BCUT2D eigenvalue weighted by Crippen LogP contribution is -1.91. The monoisotopic (exact) mass is 115 g/mol. The zero-order valence-corrected chi connectivity index (χ0v) is 4.57. The Hall–Kier alpha value is -0.440. The average Bonchev–Trinajstić information content (AvgIpc) is 2.14. The zero-order valence-electron chi connectivity index (χ0n) is 3.76. The van der Waals surface area contributed by atoms with E-state index in [1.165, 1.54) is 0 Å². The Labute approximate surface area is 47.1 Å². The largest absolute Gasteiger partial charge is 0.395 e. The molecule has 0 atom stereocenters. The molecule has 0 aromatic carbocycles. The van der Waals surface area contributed by atoms with E-state index in [1.807, 2.05) is 0 Å². The van der Waals surface area contributed by atoms with Gasteiger partial charge in [0.25, 0.3) is 0 Å². The van der Waals surface area contributed by atoms with Gasteiger partial charge in [-0.3, -0.25) is 0 Å². The summed E-state index contributed by atoms with van der Waals surface area (Å²) in [4.78, 5) is 4.64. The van der Waals surface area contributed by atoms with Crippen LogP contribution >= 0.6 is 12.2 Å². The number of hydrogen-bond donors (Lipinski definition) is 0. The molecule has 0 saturated heterocycles. The SMILES string of the molecule is S=CC1=NOCC1. The van der Waals surface area contributed by atoms with E-state index in [9.17, 15) is 0 Å². The van der Waals surface area contributed by atoms with Crippen LogP contribution in [0.3, 0.4) is 0 Å². The Morgan fingerprint density at radius 2 is 2.71 bits per heavy atom. The van der Waals surface area contributed by atoms with E-state index in [0.29, 0.717) is 6.61 Å². The van der Waals surface area contributed by atoms with Gasteiger partial charge in [-0.2, -0.15) is 0 Å². The number of oxime groups is 1. The molecule has 7 heavy (non-hydrogen) atoms. The highest BCUT2D eigenvalue weighted by Gasteiger charge is 2.01. The highest BCUT2D eigenvalue weighted by molar-refractivity contribution is 7.80. The molecule has 0 aliphatic carbocycles. The fourth-order valence-corrected chi connectivity index (χ4v) is 0.566. The van der Waals surface area contributed by atoms with Crippen LogP contribution in [0.25, 0.3) is 0 Å². The first-order valence-corrected chi connectivity index (χ1v) is 2.54. The van der Waals surface area contributed by atoms with Crippen molar-refractivity contribution in [2.45, 2.75) is 6.42 Å². The molecule has 0 aromatic rings. The summed E-state index contributed by atoms with van der Waals surface area (Å²) >= 11 is 4.58. The van der Waals surface area contributed by atoms with Crippen molar-refractivity contribution >= 4 is 23.3 Å². The van der Waals surface area contributed by atoms with Gasteiger partial charge in [0.05, 0.1) is 5.71 Å². The van der Waals surface area contributed by atoms with Crippen LogP contribution in [0.15, 0.2) is 5.16 Å². The second-order valence-electron chi connectivity index (χ2n) is 1.28. The van der Waals surface area contributed by atoms with Gasteiger partial charge in [0.15, 0.2) is 0 Å². The summed E-state index contributed by atoms with van der Waals surface area (Å²) in [6.07, 6.45) is 0.878. The topological polar surface area (TPSA) is 21.6 Å². The minimum atomic E-state index is 0.697. The third kappa shape index (κ3) is 0.962. The summed E-state index contributed by atoms with van der Waals surface area (Å²) in [6.45, 7) is 0.697. The Morgan fingerprint density at radius 1 is 1.86 bits per heavy atom. The highest BCUT2D eigenvalue weighted by Crippen LogP contribution is 1.96. The second kappa shape index (κ2) is 2.02. The summed E-state index contributed by atoms with van der Waals surface area (Å²) < 4.78 is 0. The quantitative estimate of drug-likeness (QED) is 0.470. The molecule has 0 saturated carbocycles. The molecule has 38 valence electrons. The maximum atomic E-state index is 4.64. The minimum absolute atomic E-state index is 0.697. The molecule has 0 fully saturated rings. The van der Waals surface area contributed by atoms with Crippen molar-refractivity contribution in [1.82, 2.24) is 0 Å². The van der Waals surface area contributed by atoms with Crippen molar-refractivity contribution in [3.8, 4) is 0 Å². The Kier molecular flexibility index (Phi) is 1.36. The Balaban J connectivity index is 2.51. The molecule has 2 nitrogen and oxygen atoms in total. The van der Waals surface area contributed by atoms with Crippen molar-refractivity contribution in [1.29, 1.82) is 0 Å². The average molecular weight is 115 g/mol. The molecule has 0 N–H and O–H groups in total. The van der Waals surface area contributed by atoms with E-state index >= 15 is 0 Å². The molecule has 1 aliphatic rings. The Morgan fingerprint density at radius 3 is 3.00 bits per heavy atom. The predicted molar refractivity (Wildman–Crippen MR) is 31.7 cm³/mol. The van der Waals surface area contributed by atoms with Crippen LogP contribution in [0, 0.1) is 0 Å². The van der Waals surface area contributed by atoms with Crippen LogP contribution in [-0.2, 0) is 4.84 Å². The maximum absolute atomic E-state index is 4.64. The van der Waals surface area contributed by atoms with Gasteiger partial charge >= 0.3 is 0 Å². The molecule has 0 radical (unpaired) electrons. The van der Waals surface area contributed by atoms with Gasteiger partial charge in [-0.25, -0.2) is 0 Å². The number of rotatable bonds is 1. The first kappa shape index (κ1) is 4.71. The van der Waals surface area contributed by atoms with E-state index < -0.39 is 0 Å². The molecule has 1 aliphatic heterocycles. The molecule has 0 aromatic heterocycles. The lowest BCUT2D eigenvalue weighted by molar-refractivity contribution is 0.174. The third-order valence-electron chi connectivity index (χ3n) is 0.767. The van der Waals surface area contributed by atoms with Crippen molar-refractivity contribution in [2.24, 2.45) is 5.16 Å². The van der Waals surface area contributed by atoms with Crippen LogP contribution in [0.2, 0.25) is 0 Å². The molecule has 0 unspecified atom stereocenters. The van der Waals surface area contributed by atoms with Crippen LogP contribution in [-0.4, -0.2) is 17.7 Å². The smallest absolute Gasteiger partial charge is 0.122 e. The minimum Gasteiger partial charge on any atom is -0.395 e. The number of hydrogen-bond acceptors (Lipinski definition) is 3. The van der Waals surface area contributed by atoms with Crippen molar-refractivity contribution < 1.29 is 4.84 Å². The van der Waals surface area contributed by atoms with Gasteiger partial charge < -0.3 is 4.84 Å². The first-order valence-electron chi connectivity index (χ1n) is 2.07. The lowest BCUT2D eigenvalue weighted by Gasteiger charge is -1.75. The van der Waals surface area contributed by atoms with Crippen molar-refractivity contribution in [3.63, 3.8) is 0 Å². The van der Waals surface area contributed by atoms with Gasteiger partial charge in [-0.15, -0.1) is 0 Å². The fraction of sp³-hybridized carbons (Fsp3) is 0.500. The van der Waals surface area contributed by atoms with Gasteiger partial charge in [-0.1, -0.05) is 17.4 Å². The van der Waals surface area contributed by atoms with Gasteiger partial charge in [0, 0.05) is 11.8 Å². The van der Waals surface area contributed by atoms with E-state index in [4.69, 9.17) is 0 Å². The second-order valence-corrected chi connectivity index (χ2v) is 1.52. The van der Waals surface area contributed by atoms with Crippen molar-refractivity contribution in [3.05, 3.63) is 0 Å². The van der Waals surface area contributed by atoms with Crippen LogP contribution in [0.5, 0.6) is 0 Å². The highest BCUT2D eigenvalue weighted by atomic mass is 32.1. The molecular weight excluding hydrogens is 110 g/mol. The van der Waals surface area contributed by atoms with E-state index in [-0.39, 0.29) is 0 Å². The summed E-state index contributed by atoms with van der Waals surface area (Å²) in [5.41, 5.74) is 0.884. The molecule has 1 heterocycles. The van der Waals surface area contributed by atoms with E-state index in [0.717, 1.165) is 12.1 Å². The predicted octanol–water partition coefficient (Wildman–Crippen LogP) is 0.762. The fourth-order valence-electron chi connectivity index (χ4n) is 0.405. The standard InChI is InChI=1S/C4H5NOS/c7-3-4-1-2-6-5-4/h3H,1-2H2. The summed E-state index contributed by atoms with van der Waals surface area (Å²) in [5.74, 6) is 0. The molecule has 0 amide bonds. The third-order valence-corrected chi connectivity index (χ3v) is 1.04. The Bertz CT molecular complexity index is 110. The molecule has 0 spiro atoms. The number of nitrogens with zero attached hydrogens (tertiary/aromatic N) is 1. The summed E-state index contributed by atoms with van der Waals surface area (Å²) in [5, 5.41) is 5.16. The summed E-state index contributed by atoms with van der Waals surface area (Å²) in [6, 6.07) is 0. The lowest BCUT2D eigenvalue weighted by atomic mass is 10.3. The molecular formula is C4H5NOS.